The molecule has 0 radical (unpaired) electrons. The van der Waals surface area contributed by atoms with Crippen molar-refractivity contribution in [3.8, 4) is 17.5 Å². The number of halogens is 2. The Balaban J connectivity index is 1.52. The maximum Gasteiger partial charge on any atom is 0.335 e. The van der Waals surface area contributed by atoms with Crippen LogP contribution < -0.4 is 14.4 Å². The molecule has 0 amide bonds. The van der Waals surface area contributed by atoms with Crippen LogP contribution in [0.25, 0.3) is 0 Å². The molecule has 11 heteroatoms. The zero-order chi connectivity index (χ0) is 25.9. The highest BCUT2D eigenvalue weighted by Gasteiger charge is 2.20. The van der Waals surface area contributed by atoms with E-state index in [1.165, 1.54) is 24.3 Å². The number of carbonyl (C=O) groups excluding carboxylic acids is 1. The van der Waals surface area contributed by atoms with Gasteiger partial charge in [0.1, 0.15) is 23.9 Å². The molecule has 3 aromatic rings. The molecule has 1 atom stereocenters. The topological polar surface area (TPSA) is 95.9 Å². The van der Waals surface area contributed by atoms with E-state index in [0.29, 0.717) is 50.2 Å². The van der Waals surface area contributed by atoms with Crippen LogP contribution in [0.3, 0.4) is 0 Å². The second kappa shape index (κ2) is 13.6. The molecule has 0 unspecified atom stereocenters. The summed E-state index contributed by atoms with van der Waals surface area (Å²) in [4.78, 5) is 26.1. The summed E-state index contributed by atoms with van der Waals surface area (Å²) in [6, 6.07) is 12.9. The molecule has 0 saturated heterocycles. The quantitative estimate of drug-likeness (QED) is 0.303. The van der Waals surface area contributed by atoms with Gasteiger partial charge in [0.2, 0.25) is 11.2 Å². The van der Waals surface area contributed by atoms with Gasteiger partial charge in [0, 0.05) is 20.1 Å². The summed E-state index contributed by atoms with van der Waals surface area (Å²) in [5.41, 5.74) is 0.930. The van der Waals surface area contributed by atoms with E-state index in [9.17, 15) is 9.18 Å². The molecule has 0 aliphatic heterocycles. The third kappa shape index (κ3) is 8.31. The van der Waals surface area contributed by atoms with Gasteiger partial charge in [-0.2, -0.15) is 15.0 Å². The van der Waals surface area contributed by atoms with Crippen LogP contribution in [0.4, 0.5) is 10.3 Å². The minimum Gasteiger partial charge on any atom is -0.492 e. The second-order valence-electron chi connectivity index (χ2n) is 7.56. The number of nitrogens with zero attached hydrogens (tertiary/aromatic N) is 4. The smallest absolute Gasteiger partial charge is 0.335 e. The van der Waals surface area contributed by atoms with Crippen LogP contribution in [0.5, 0.6) is 17.5 Å². The first-order chi connectivity index (χ1) is 17.4. The molecule has 36 heavy (non-hydrogen) atoms. The molecule has 3 rings (SSSR count). The van der Waals surface area contributed by atoms with Gasteiger partial charge in [-0.3, -0.25) is 0 Å². The molecule has 2 aromatic carbocycles. The Morgan fingerprint density at radius 1 is 1.00 bits per heavy atom. The molecule has 9 nitrogen and oxygen atoms in total. The maximum atomic E-state index is 13.1. The van der Waals surface area contributed by atoms with Crippen molar-refractivity contribution in [1.29, 1.82) is 0 Å². The first-order valence-corrected chi connectivity index (χ1v) is 11.8. The first kappa shape index (κ1) is 27.1. The molecule has 0 aliphatic carbocycles. The molecular formula is C25H28ClFN4O5. The van der Waals surface area contributed by atoms with E-state index >= 15 is 0 Å². The Hall–Kier alpha value is -3.50. The fourth-order valence-electron chi connectivity index (χ4n) is 3.13. The third-order valence-corrected chi connectivity index (χ3v) is 5.07. The largest absolute Gasteiger partial charge is 0.492 e. The zero-order valence-electron chi connectivity index (χ0n) is 20.3. The van der Waals surface area contributed by atoms with E-state index in [2.05, 4.69) is 15.0 Å². The standard InChI is InChI=1S/C25H28ClFN4O5/c1-4-33-21(22(32)34-5-2)16-17-6-10-19(11-7-17)35-15-14-31(3)24-28-23(26)29-25(30-24)36-20-12-8-18(27)9-13-20/h6-13,21H,4-5,14-16H2,1-3H3/t21-/m0/s1. The van der Waals surface area contributed by atoms with Gasteiger partial charge >= 0.3 is 12.0 Å². The van der Waals surface area contributed by atoms with Gasteiger partial charge in [-0.25, -0.2) is 9.18 Å². The van der Waals surface area contributed by atoms with E-state index in [1.54, 1.807) is 18.9 Å². The highest BCUT2D eigenvalue weighted by molar-refractivity contribution is 6.28. The van der Waals surface area contributed by atoms with Crippen LogP contribution in [0.1, 0.15) is 19.4 Å². The van der Waals surface area contributed by atoms with Crippen molar-refractivity contribution < 1.29 is 28.1 Å². The number of rotatable bonds is 13. The highest BCUT2D eigenvalue weighted by Crippen LogP contribution is 2.21. The Morgan fingerprint density at radius 3 is 2.36 bits per heavy atom. The lowest BCUT2D eigenvalue weighted by atomic mass is 10.1. The summed E-state index contributed by atoms with van der Waals surface area (Å²) in [5, 5.41) is -0.0337. The van der Waals surface area contributed by atoms with Gasteiger partial charge in [-0.05, 0) is 67.4 Å². The fraction of sp³-hybridized carbons (Fsp3) is 0.360. The van der Waals surface area contributed by atoms with Crippen molar-refractivity contribution in [2.75, 3.05) is 38.3 Å². The highest BCUT2D eigenvalue weighted by atomic mass is 35.5. The number of esters is 1. The number of ether oxygens (including phenoxy) is 4. The zero-order valence-corrected chi connectivity index (χ0v) is 21.1. The van der Waals surface area contributed by atoms with Crippen LogP contribution in [-0.4, -0.2) is 60.4 Å². The van der Waals surface area contributed by atoms with Gasteiger partial charge in [0.15, 0.2) is 6.10 Å². The average Bonchev–Trinajstić information content (AvgIpc) is 2.86. The van der Waals surface area contributed by atoms with Gasteiger partial charge in [0.05, 0.1) is 13.2 Å². The van der Waals surface area contributed by atoms with Crippen LogP contribution in [0.2, 0.25) is 5.28 Å². The van der Waals surface area contributed by atoms with Crippen molar-refractivity contribution in [1.82, 2.24) is 15.0 Å². The van der Waals surface area contributed by atoms with Crippen molar-refractivity contribution >= 4 is 23.5 Å². The molecule has 0 N–H and O–H groups in total. The fourth-order valence-corrected chi connectivity index (χ4v) is 3.28. The monoisotopic (exact) mass is 518 g/mol. The minimum absolute atomic E-state index is 0.00635. The van der Waals surface area contributed by atoms with E-state index < -0.39 is 6.10 Å². The van der Waals surface area contributed by atoms with E-state index in [0.717, 1.165) is 5.56 Å². The van der Waals surface area contributed by atoms with Crippen LogP contribution in [0, 0.1) is 5.82 Å². The predicted octanol–water partition coefficient (Wildman–Crippen LogP) is 4.48. The Kier molecular flexibility index (Phi) is 10.2. The summed E-state index contributed by atoms with van der Waals surface area (Å²) >= 11 is 6.02. The van der Waals surface area contributed by atoms with E-state index in [1.807, 2.05) is 31.2 Å². The number of aromatic nitrogens is 3. The van der Waals surface area contributed by atoms with Gasteiger partial charge < -0.3 is 23.8 Å². The van der Waals surface area contributed by atoms with Crippen molar-refractivity contribution in [3.63, 3.8) is 0 Å². The number of carbonyl (C=O) groups is 1. The Morgan fingerprint density at radius 2 is 1.69 bits per heavy atom. The Labute approximate surface area is 214 Å². The lowest BCUT2D eigenvalue weighted by Crippen LogP contribution is -2.29. The number of benzene rings is 2. The molecule has 1 heterocycles. The molecule has 0 aliphatic rings. The Bertz CT molecular complexity index is 1120. The third-order valence-electron chi connectivity index (χ3n) is 4.90. The van der Waals surface area contributed by atoms with Crippen molar-refractivity contribution in [2.45, 2.75) is 26.4 Å². The molecule has 192 valence electrons. The molecule has 0 fully saturated rings. The number of hydrogen-bond acceptors (Lipinski definition) is 9. The maximum absolute atomic E-state index is 13.1. The summed E-state index contributed by atoms with van der Waals surface area (Å²) in [5.74, 6) is 0.593. The van der Waals surface area contributed by atoms with Gasteiger partial charge in [-0.15, -0.1) is 0 Å². The second-order valence-corrected chi connectivity index (χ2v) is 7.90. The lowest BCUT2D eigenvalue weighted by molar-refractivity contribution is -0.156. The predicted molar refractivity (Wildman–Crippen MR) is 132 cm³/mol. The van der Waals surface area contributed by atoms with Crippen LogP contribution in [-0.2, 0) is 20.7 Å². The number of hydrogen-bond donors (Lipinski definition) is 0. The van der Waals surface area contributed by atoms with Crippen molar-refractivity contribution in [2.24, 2.45) is 0 Å². The molecule has 0 spiro atoms. The molecule has 0 bridgehead atoms. The van der Waals surface area contributed by atoms with Crippen LogP contribution in [0.15, 0.2) is 48.5 Å². The number of likely N-dealkylation sites (N-methyl/N-ethyl adjacent to an activating group) is 1. The van der Waals surface area contributed by atoms with Gasteiger partial charge in [0.25, 0.3) is 0 Å². The summed E-state index contributed by atoms with van der Waals surface area (Å²) in [7, 11) is 1.78. The summed E-state index contributed by atoms with van der Waals surface area (Å²) in [6.07, 6.45) is -0.225. The van der Waals surface area contributed by atoms with Crippen LogP contribution >= 0.6 is 11.6 Å². The normalized spacial score (nSPS) is 11.6. The van der Waals surface area contributed by atoms with E-state index in [4.69, 9.17) is 30.5 Å². The van der Waals surface area contributed by atoms with Crippen molar-refractivity contribution in [3.05, 3.63) is 65.2 Å². The summed E-state index contributed by atoms with van der Waals surface area (Å²) < 4.78 is 35.1. The minimum atomic E-state index is -0.639. The molecular weight excluding hydrogens is 491 g/mol. The van der Waals surface area contributed by atoms with Gasteiger partial charge in [-0.1, -0.05) is 12.1 Å². The van der Waals surface area contributed by atoms with E-state index in [-0.39, 0.29) is 23.1 Å². The SMILES string of the molecule is CCOC(=O)[C@H](Cc1ccc(OCCN(C)c2nc(Cl)nc(Oc3ccc(F)cc3)n2)cc1)OCC. The average molecular weight is 519 g/mol. The first-order valence-electron chi connectivity index (χ1n) is 11.4. The number of anilines is 1. The molecule has 0 saturated carbocycles. The molecule has 1 aromatic heterocycles. The summed E-state index contributed by atoms with van der Waals surface area (Å²) in [6.45, 7) is 5.13. The lowest BCUT2D eigenvalue weighted by Gasteiger charge is -2.18.